The molecule has 25 heteroatoms. The van der Waals surface area contributed by atoms with Gasteiger partial charge in [-0.3, -0.25) is 48.1 Å². The lowest BCUT2D eigenvalue weighted by Gasteiger charge is -2.27. The van der Waals surface area contributed by atoms with E-state index in [-0.39, 0.29) is 51.0 Å². The normalized spacial score (nSPS) is 13.8. The first kappa shape index (κ1) is 51.7. The van der Waals surface area contributed by atoms with E-state index >= 15 is 0 Å². The first-order valence-corrected chi connectivity index (χ1v) is 20.3. The number of aliphatic carboxylic acids is 2. The Hall–Kier alpha value is -5.33. The molecule has 0 radical (unpaired) electrons. The van der Waals surface area contributed by atoms with Gasteiger partial charge in [0, 0.05) is 26.3 Å². The third-order valence-corrected chi connectivity index (χ3v) is 9.03. The number of thioether (sulfide) groups is 2. The highest BCUT2D eigenvalue weighted by atomic mass is 32.2. The number of primary amides is 2. The number of carbonyl (C=O) groups is 10. The molecule has 57 heavy (non-hydrogen) atoms. The van der Waals surface area contributed by atoms with Crippen LogP contribution >= 0.6 is 23.5 Å². The number of carbonyl (C=O) groups excluding carboxylic acids is 8. The molecule has 0 bridgehead atoms. The minimum absolute atomic E-state index is 0.0164. The minimum Gasteiger partial charge on any atom is -0.481 e. The van der Waals surface area contributed by atoms with Gasteiger partial charge in [0.15, 0.2) is 5.96 Å². The Balaban J connectivity index is 6.48. The maximum absolute atomic E-state index is 13.8. The number of aliphatic imine (C=N–C) groups is 1. The smallest absolute Gasteiger partial charge is 0.326 e. The molecule has 0 saturated heterocycles. The highest BCUT2D eigenvalue weighted by Crippen LogP contribution is 2.09. The molecule has 6 atom stereocenters. The van der Waals surface area contributed by atoms with Crippen molar-refractivity contribution in [2.24, 2.45) is 27.9 Å². The summed E-state index contributed by atoms with van der Waals surface area (Å²) in [4.78, 5) is 129. The van der Waals surface area contributed by atoms with Crippen LogP contribution in [0.15, 0.2) is 4.99 Å². The van der Waals surface area contributed by atoms with Crippen LogP contribution < -0.4 is 54.8 Å². The lowest BCUT2D eigenvalue weighted by atomic mass is 10.1. The Kier molecular flexibility index (Phi) is 25.5. The Morgan fingerprint density at radius 2 is 0.947 bits per heavy atom. The molecule has 0 saturated carbocycles. The van der Waals surface area contributed by atoms with Gasteiger partial charge in [-0.1, -0.05) is 0 Å². The molecule has 0 aliphatic heterocycles. The Labute approximate surface area is 337 Å². The molecule has 0 aromatic rings. The van der Waals surface area contributed by atoms with E-state index in [0.29, 0.717) is 11.5 Å². The molecule has 0 fully saturated rings. The van der Waals surface area contributed by atoms with Crippen molar-refractivity contribution in [3.63, 3.8) is 0 Å². The first-order chi connectivity index (χ1) is 26.7. The van der Waals surface area contributed by atoms with Gasteiger partial charge in [0.05, 0.1) is 6.42 Å². The van der Waals surface area contributed by atoms with E-state index in [9.17, 15) is 58.2 Å². The molecular formula is C32H55N11O12S2. The molecule has 16 N–H and O–H groups in total. The molecule has 0 aliphatic carbocycles. The zero-order valence-corrected chi connectivity index (χ0v) is 33.6. The molecule has 8 amide bonds. The molecule has 0 aromatic heterocycles. The van der Waals surface area contributed by atoms with Gasteiger partial charge >= 0.3 is 11.9 Å². The van der Waals surface area contributed by atoms with Crippen molar-refractivity contribution >= 4 is 88.7 Å². The van der Waals surface area contributed by atoms with E-state index in [1.54, 1.807) is 12.5 Å². The number of rotatable bonds is 30. The maximum atomic E-state index is 13.8. The van der Waals surface area contributed by atoms with Crippen LogP contribution in [-0.2, 0) is 47.9 Å². The third kappa shape index (κ3) is 23.4. The second-order valence-electron chi connectivity index (χ2n) is 12.5. The summed E-state index contributed by atoms with van der Waals surface area (Å²) < 4.78 is 0. The molecule has 0 aromatic carbocycles. The SMILES string of the molecule is CSCC[C@H](NC(=O)[C@H](CCCN=C(N)N)NC(=O)[C@H](CCSC)NC(=O)[C@H](CCC(=O)O)NC(=O)[C@H](CC(N)=O)NC(C)=O)C(=O)N[C@@H](CCC(N)=O)C(=O)O. The lowest BCUT2D eigenvalue weighted by Crippen LogP contribution is -2.59. The van der Waals surface area contributed by atoms with Gasteiger partial charge in [-0.05, 0) is 62.5 Å². The summed E-state index contributed by atoms with van der Waals surface area (Å²) in [6, 6.07) is -8.60. The second-order valence-corrected chi connectivity index (χ2v) is 14.5. The number of hydrogen-bond acceptors (Lipinski definition) is 13. The number of amides is 8. The average Bonchev–Trinajstić information content (AvgIpc) is 3.11. The summed E-state index contributed by atoms with van der Waals surface area (Å²) >= 11 is 2.63. The molecule has 23 nitrogen and oxygen atoms in total. The molecular weight excluding hydrogens is 795 g/mol. The van der Waals surface area contributed by atoms with Crippen molar-refractivity contribution in [3.8, 4) is 0 Å². The fourth-order valence-electron chi connectivity index (χ4n) is 4.88. The minimum atomic E-state index is -1.57. The van der Waals surface area contributed by atoms with Crippen LogP contribution in [0.25, 0.3) is 0 Å². The number of nitrogens with one attached hydrogen (secondary N) is 6. The predicted molar refractivity (Wildman–Crippen MR) is 210 cm³/mol. The van der Waals surface area contributed by atoms with Gasteiger partial charge in [-0.25, -0.2) is 4.79 Å². The number of guanidine groups is 1. The van der Waals surface area contributed by atoms with Crippen molar-refractivity contribution in [3.05, 3.63) is 0 Å². The van der Waals surface area contributed by atoms with Crippen LogP contribution in [0.3, 0.4) is 0 Å². The standard InChI is InChI=1S/C32H55N11O12S2/c1-16(44)38-22(15-24(34)46)30(53)40-18(7-9-25(47)48)27(50)42-19(10-13-56-2)28(51)39-17(5-4-12-37-32(35)36)26(49)41-20(11-14-57-3)29(52)43-21(31(54)55)6-8-23(33)45/h17-22H,4-15H2,1-3H3,(H2,33,45)(H2,34,46)(H,38,44)(H,39,51)(H,40,53)(H,41,49)(H,42,50)(H,43,52)(H,47,48)(H,54,55)(H4,35,36,37)/t17-,18-,19-,20-,21-,22-/m0/s1. The lowest BCUT2D eigenvalue weighted by molar-refractivity contribution is -0.142. The monoisotopic (exact) mass is 849 g/mol. The van der Waals surface area contributed by atoms with Crippen molar-refractivity contribution in [2.75, 3.05) is 30.6 Å². The fraction of sp³-hybridized carbons (Fsp3) is 0.656. The number of carboxylic acid groups (broad SMARTS) is 2. The summed E-state index contributed by atoms with van der Waals surface area (Å²) in [7, 11) is 0. The van der Waals surface area contributed by atoms with E-state index in [1.165, 1.54) is 23.5 Å². The maximum Gasteiger partial charge on any atom is 0.326 e. The third-order valence-electron chi connectivity index (χ3n) is 7.74. The highest BCUT2D eigenvalue weighted by molar-refractivity contribution is 7.98. The van der Waals surface area contributed by atoms with Crippen molar-refractivity contribution < 1.29 is 58.2 Å². The summed E-state index contributed by atoms with van der Waals surface area (Å²) in [5, 5.41) is 33.2. The summed E-state index contributed by atoms with van der Waals surface area (Å²) in [5.41, 5.74) is 21.1. The van der Waals surface area contributed by atoms with Gasteiger partial charge in [0.1, 0.15) is 36.3 Å². The van der Waals surface area contributed by atoms with Crippen molar-refractivity contribution in [1.82, 2.24) is 31.9 Å². The van der Waals surface area contributed by atoms with Crippen LogP contribution in [0.2, 0.25) is 0 Å². The zero-order chi connectivity index (χ0) is 43.7. The Morgan fingerprint density at radius 3 is 1.32 bits per heavy atom. The van der Waals surface area contributed by atoms with Crippen molar-refractivity contribution in [1.29, 1.82) is 0 Å². The fourth-order valence-corrected chi connectivity index (χ4v) is 5.82. The Bertz CT molecular complexity index is 1450. The second kappa shape index (κ2) is 28.1. The van der Waals surface area contributed by atoms with E-state index in [4.69, 9.17) is 22.9 Å². The molecule has 0 aliphatic rings. The van der Waals surface area contributed by atoms with Crippen LogP contribution in [0.1, 0.15) is 64.7 Å². The van der Waals surface area contributed by atoms with E-state index in [0.717, 1.165) is 6.92 Å². The van der Waals surface area contributed by atoms with Gasteiger partial charge in [-0.15, -0.1) is 0 Å². The van der Waals surface area contributed by atoms with Gasteiger partial charge < -0.3 is 65.0 Å². The van der Waals surface area contributed by atoms with Gasteiger partial charge in [-0.2, -0.15) is 23.5 Å². The largest absolute Gasteiger partial charge is 0.481 e. The zero-order valence-electron chi connectivity index (χ0n) is 32.0. The molecule has 0 spiro atoms. The quantitative estimate of drug-likeness (QED) is 0.0184. The van der Waals surface area contributed by atoms with E-state index < -0.39 is 115 Å². The number of hydrogen-bond donors (Lipinski definition) is 12. The first-order valence-electron chi connectivity index (χ1n) is 17.6. The van der Waals surface area contributed by atoms with Crippen LogP contribution in [0.5, 0.6) is 0 Å². The van der Waals surface area contributed by atoms with Crippen LogP contribution in [0.4, 0.5) is 0 Å². The summed E-state index contributed by atoms with van der Waals surface area (Å²) in [6.07, 6.45) is 1.16. The van der Waals surface area contributed by atoms with Crippen molar-refractivity contribution in [2.45, 2.75) is 101 Å². The van der Waals surface area contributed by atoms with Gasteiger partial charge in [0.25, 0.3) is 0 Å². The van der Waals surface area contributed by atoms with E-state index in [1.807, 2.05) is 0 Å². The summed E-state index contributed by atoms with van der Waals surface area (Å²) in [6.45, 7) is 1.10. The van der Waals surface area contributed by atoms with Crippen LogP contribution in [0, 0.1) is 0 Å². The number of nitrogens with zero attached hydrogens (tertiary/aromatic N) is 1. The van der Waals surface area contributed by atoms with E-state index in [2.05, 4.69) is 36.9 Å². The number of nitrogens with two attached hydrogens (primary N) is 4. The predicted octanol–water partition coefficient (Wildman–Crippen LogP) is -4.43. The topological polar surface area (TPSA) is 400 Å². The molecule has 0 heterocycles. The molecule has 0 rings (SSSR count). The molecule has 322 valence electrons. The Morgan fingerprint density at radius 1 is 0.544 bits per heavy atom. The molecule has 0 unspecified atom stereocenters. The highest BCUT2D eigenvalue weighted by Gasteiger charge is 2.33. The van der Waals surface area contributed by atoms with Crippen LogP contribution in [-0.4, -0.2) is 142 Å². The number of carboxylic acids is 2. The van der Waals surface area contributed by atoms with Gasteiger partial charge in [0.2, 0.25) is 47.3 Å². The average molecular weight is 850 g/mol. The summed E-state index contributed by atoms with van der Waals surface area (Å²) in [5.74, 6) is -9.45.